The highest BCUT2D eigenvalue weighted by atomic mass is 32.2. The van der Waals surface area contributed by atoms with Gasteiger partial charge in [-0.05, 0) is 48.1 Å². The van der Waals surface area contributed by atoms with Gasteiger partial charge in [0.15, 0.2) is 5.82 Å². The minimum Gasteiger partial charge on any atom is -0.445 e. The highest BCUT2D eigenvalue weighted by Gasteiger charge is 2.48. The van der Waals surface area contributed by atoms with Crippen molar-refractivity contribution in [3.05, 3.63) is 89.8 Å². The first-order valence-electron chi connectivity index (χ1n) is 11.1. The summed E-state index contributed by atoms with van der Waals surface area (Å²) in [5, 5.41) is 6.84. The lowest BCUT2D eigenvalue weighted by Gasteiger charge is -2.25. The molecule has 2 aliphatic carbocycles. The van der Waals surface area contributed by atoms with Gasteiger partial charge in [0.2, 0.25) is 15.9 Å². The van der Waals surface area contributed by atoms with E-state index in [1.807, 2.05) is 30.3 Å². The van der Waals surface area contributed by atoms with Crippen LogP contribution in [0.1, 0.15) is 29.6 Å². The molecule has 2 aromatic carbocycles. The number of rotatable bonds is 8. The maximum atomic E-state index is 13.1. The van der Waals surface area contributed by atoms with Gasteiger partial charge in [0, 0.05) is 0 Å². The number of sulfonamides is 1. The Hall–Kier alpha value is -3.57. The van der Waals surface area contributed by atoms with Crippen LogP contribution in [-0.4, -0.2) is 30.7 Å². The minimum absolute atomic E-state index is 0.0702. The number of amides is 1. The summed E-state index contributed by atoms with van der Waals surface area (Å²) in [6.45, 7) is -0.0377. The van der Waals surface area contributed by atoms with E-state index < -0.39 is 21.9 Å². The molecule has 0 radical (unpaired) electrons. The zero-order valence-corrected chi connectivity index (χ0v) is 19.3. The third kappa shape index (κ3) is 5.10. The van der Waals surface area contributed by atoms with Crippen LogP contribution in [0.4, 0.5) is 9.18 Å². The monoisotopic (exact) mass is 498 g/mol. The standard InChI is InChI=1S/C24H23FN4O5S/c25-18-8-10-19(11-9-18)35(31,32)26-13-20-27-23(34-29-20)21-16-6-7-17(12-16)22(21)28-24(30)33-14-15-4-2-1-3-5-15/h1-11,16-17,21-22,26H,12-14H2,(H,28,30)/t16?,17?,21-,22-/m0/s1. The van der Waals surface area contributed by atoms with E-state index in [2.05, 4.69) is 32.3 Å². The van der Waals surface area contributed by atoms with Crippen molar-refractivity contribution in [3.8, 4) is 0 Å². The predicted octanol–water partition coefficient (Wildman–Crippen LogP) is 3.27. The molecule has 1 fully saturated rings. The highest BCUT2D eigenvalue weighted by Crippen LogP contribution is 2.48. The molecule has 2 N–H and O–H groups in total. The van der Waals surface area contributed by atoms with Crippen molar-refractivity contribution in [2.24, 2.45) is 11.8 Å². The quantitative estimate of drug-likeness (QED) is 0.457. The summed E-state index contributed by atoms with van der Waals surface area (Å²) in [4.78, 5) is 16.8. The van der Waals surface area contributed by atoms with E-state index >= 15 is 0 Å². The average Bonchev–Trinajstić information content (AvgIpc) is 3.59. The Balaban J connectivity index is 1.23. The van der Waals surface area contributed by atoms with Gasteiger partial charge in [-0.25, -0.2) is 22.3 Å². The number of carbonyl (C=O) groups excluding carboxylic acids is 1. The first kappa shape index (κ1) is 23.2. The van der Waals surface area contributed by atoms with Gasteiger partial charge in [0.05, 0.1) is 23.4 Å². The first-order valence-corrected chi connectivity index (χ1v) is 12.6. The maximum Gasteiger partial charge on any atom is 0.407 e. The van der Waals surface area contributed by atoms with Crippen LogP contribution in [0.5, 0.6) is 0 Å². The molecule has 9 nitrogen and oxygen atoms in total. The second kappa shape index (κ2) is 9.59. The number of carbonyl (C=O) groups is 1. The lowest BCUT2D eigenvalue weighted by Crippen LogP contribution is -2.42. The number of benzene rings is 2. The van der Waals surface area contributed by atoms with Crippen molar-refractivity contribution in [2.45, 2.75) is 36.4 Å². The third-order valence-corrected chi connectivity index (χ3v) is 7.69. The van der Waals surface area contributed by atoms with Crippen LogP contribution < -0.4 is 10.0 Å². The van der Waals surface area contributed by atoms with Crippen molar-refractivity contribution >= 4 is 16.1 Å². The smallest absolute Gasteiger partial charge is 0.407 e. The Morgan fingerprint density at radius 3 is 2.60 bits per heavy atom. The zero-order chi connectivity index (χ0) is 24.4. The molecule has 35 heavy (non-hydrogen) atoms. The fourth-order valence-electron chi connectivity index (χ4n) is 4.59. The number of alkyl carbamates (subject to hydrolysis) is 1. The number of hydrogen-bond acceptors (Lipinski definition) is 7. The fourth-order valence-corrected chi connectivity index (χ4v) is 5.57. The maximum absolute atomic E-state index is 13.1. The summed E-state index contributed by atoms with van der Waals surface area (Å²) in [6.07, 6.45) is 4.45. The van der Waals surface area contributed by atoms with Crippen LogP contribution in [0, 0.1) is 17.7 Å². The van der Waals surface area contributed by atoms with E-state index in [0.29, 0.717) is 5.89 Å². The fraction of sp³-hybridized carbons (Fsp3) is 0.292. The first-order chi connectivity index (χ1) is 16.9. The molecule has 4 atom stereocenters. The third-order valence-electron chi connectivity index (χ3n) is 6.27. The number of nitrogens with zero attached hydrogens (tertiary/aromatic N) is 2. The Labute approximate surface area is 201 Å². The number of aromatic nitrogens is 2. The Morgan fingerprint density at radius 1 is 1.09 bits per heavy atom. The van der Waals surface area contributed by atoms with Gasteiger partial charge in [-0.1, -0.05) is 47.6 Å². The van der Waals surface area contributed by atoms with Crippen molar-refractivity contribution in [3.63, 3.8) is 0 Å². The van der Waals surface area contributed by atoms with Gasteiger partial charge < -0.3 is 14.6 Å². The van der Waals surface area contributed by atoms with Crippen LogP contribution in [0.15, 0.2) is 76.2 Å². The van der Waals surface area contributed by atoms with Crippen LogP contribution in [0.3, 0.4) is 0 Å². The molecular weight excluding hydrogens is 475 g/mol. The number of allylic oxidation sites excluding steroid dienone is 1. The van der Waals surface area contributed by atoms with E-state index in [9.17, 15) is 17.6 Å². The lowest BCUT2D eigenvalue weighted by molar-refractivity contribution is 0.131. The van der Waals surface area contributed by atoms with E-state index in [0.717, 1.165) is 24.1 Å². The number of nitrogens with one attached hydrogen (secondary N) is 2. The molecule has 2 unspecified atom stereocenters. The van der Waals surface area contributed by atoms with Crippen molar-refractivity contribution in [1.29, 1.82) is 0 Å². The average molecular weight is 499 g/mol. The second-order valence-electron chi connectivity index (χ2n) is 8.53. The van der Waals surface area contributed by atoms with E-state index in [1.165, 1.54) is 12.1 Å². The topological polar surface area (TPSA) is 123 Å². The molecular formula is C24H23FN4O5S. The number of hydrogen-bond donors (Lipinski definition) is 2. The summed E-state index contributed by atoms with van der Waals surface area (Å²) in [5.41, 5.74) is 0.886. The predicted molar refractivity (Wildman–Crippen MR) is 122 cm³/mol. The molecule has 0 saturated heterocycles. The molecule has 1 heterocycles. The normalized spacial score (nSPS) is 22.9. The molecule has 3 aromatic rings. The van der Waals surface area contributed by atoms with E-state index in [-0.39, 0.29) is 47.7 Å². The van der Waals surface area contributed by atoms with E-state index in [1.54, 1.807) is 0 Å². The number of halogens is 1. The van der Waals surface area contributed by atoms with Gasteiger partial charge in [-0.2, -0.15) is 4.98 Å². The van der Waals surface area contributed by atoms with Crippen LogP contribution in [-0.2, 0) is 27.9 Å². The van der Waals surface area contributed by atoms with Gasteiger partial charge in [-0.15, -0.1) is 0 Å². The van der Waals surface area contributed by atoms with Crippen LogP contribution in [0.25, 0.3) is 0 Å². The zero-order valence-electron chi connectivity index (χ0n) is 18.5. The molecule has 2 bridgehead atoms. The largest absolute Gasteiger partial charge is 0.445 e. The van der Waals surface area contributed by atoms with Crippen LogP contribution in [0.2, 0.25) is 0 Å². The van der Waals surface area contributed by atoms with Crippen molar-refractivity contribution < 1.29 is 26.9 Å². The molecule has 0 aliphatic heterocycles. The SMILES string of the molecule is O=C(N[C@H]1C2C=CC(C2)[C@@H]1c1nc(CNS(=O)(=O)c2ccc(F)cc2)no1)OCc1ccccc1. The minimum atomic E-state index is -3.87. The molecule has 5 rings (SSSR count). The molecule has 1 saturated carbocycles. The summed E-state index contributed by atoms with van der Waals surface area (Å²) < 4.78 is 51.2. The number of fused-ring (bicyclic) bond motifs is 2. The van der Waals surface area contributed by atoms with E-state index in [4.69, 9.17) is 9.26 Å². The molecule has 0 spiro atoms. The Bertz CT molecular complexity index is 1330. The van der Waals surface area contributed by atoms with Gasteiger partial charge in [0.1, 0.15) is 12.4 Å². The molecule has 1 aromatic heterocycles. The molecule has 11 heteroatoms. The Morgan fingerprint density at radius 2 is 1.83 bits per heavy atom. The highest BCUT2D eigenvalue weighted by molar-refractivity contribution is 7.89. The van der Waals surface area contributed by atoms with Crippen molar-refractivity contribution in [1.82, 2.24) is 20.2 Å². The van der Waals surface area contributed by atoms with Gasteiger partial charge in [-0.3, -0.25) is 0 Å². The van der Waals surface area contributed by atoms with Crippen LogP contribution >= 0.6 is 0 Å². The summed E-state index contributed by atoms with van der Waals surface area (Å²) in [5.74, 6) is -0.0673. The summed E-state index contributed by atoms with van der Waals surface area (Å²) in [7, 11) is -3.87. The molecule has 2 aliphatic rings. The lowest BCUT2D eigenvalue weighted by atomic mass is 9.89. The molecule has 1 amide bonds. The molecule has 182 valence electrons. The number of ether oxygens (including phenoxy) is 1. The van der Waals surface area contributed by atoms with Gasteiger partial charge >= 0.3 is 6.09 Å². The Kier molecular flexibility index (Phi) is 6.35. The summed E-state index contributed by atoms with van der Waals surface area (Å²) in [6, 6.07) is 13.6. The second-order valence-corrected chi connectivity index (χ2v) is 10.3. The van der Waals surface area contributed by atoms with Crippen molar-refractivity contribution in [2.75, 3.05) is 0 Å². The van der Waals surface area contributed by atoms with Gasteiger partial charge in [0.25, 0.3) is 0 Å². The summed E-state index contributed by atoms with van der Waals surface area (Å²) >= 11 is 0.